The second-order valence-corrected chi connectivity index (χ2v) is 7.33. The second kappa shape index (κ2) is 7.43. The van der Waals surface area contributed by atoms with E-state index >= 15 is 0 Å². The fourth-order valence-corrected chi connectivity index (χ4v) is 3.94. The van der Waals surface area contributed by atoms with E-state index in [2.05, 4.69) is 10.2 Å². The van der Waals surface area contributed by atoms with E-state index in [9.17, 15) is 8.42 Å². The third-order valence-corrected chi connectivity index (χ3v) is 5.49. The van der Waals surface area contributed by atoms with Gasteiger partial charge >= 0.3 is 0 Å². The lowest BCUT2D eigenvalue weighted by molar-refractivity contribution is 0.190. The number of hydrogen-bond acceptors (Lipinski definition) is 4. The summed E-state index contributed by atoms with van der Waals surface area (Å²) in [5, 5.41) is 3.04. The molecule has 1 unspecified atom stereocenters. The van der Waals surface area contributed by atoms with Crippen molar-refractivity contribution in [3.8, 4) is 0 Å². The zero-order valence-electron chi connectivity index (χ0n) is 11.9. The molecule has 1 aliphatic rings. The van der Waals surface area contributed by atoms with Crippen molar-refractivity contribution in [2.45, 2.75) is 31.7 Å². The number of rotatable bonds is 7. The lowest BCUT2D eigenvalue weighted by atomic mass is 10.1. The standard InChI is InChI=1S/C12H27N3O2S/c1-13-8-4-5-10-18(16,17)15-9-6-7-12(11-15)14(2)3/h12-13H,4-11H2,1-3H3. The molecule has 0 bridgehead atoms. The number of nitrogens with one attached hydrogen (secondary N) is 1. The van der Waals surface area contributed by atoms with Gasteiger partial charge in [0.1, 0.15) is 0 Å². The number of piperidine rings is 1. The van der Waals surface area contributed by atoms with Crippen LogP contribution in [0.4, 0.5) is 0 Å². The van der Waals surface area contributed by atoms with Crippen LogP contribution in [0.5, 0.6) is 0 Å². The lowest BCUT2D eigenvalue weighted by Crippen LogP contribution is -2.48. The van der Waals surface area contributed by atoms with E-state index in [1.165, 1.54) is 0 Å². The molecule has 1 fully saturated rings. The van der Waals surface area contributed by atoms with Gasteiger partial charge in [0.2, 0.25) is 10.0 Å². The number of likely N-dealkylation sites (N-methyl/N-ethyl adjacent to an activating group) is 1. The number of hydrogen-bond donors (Lipinski definition) is 1. The first-order valence-electron chi connectivity index (χ1n) is 6.76. The molecule has 0 aliphatic carbocycles. The first kappa shape index (κ1) is 15.9. The third kappa shape index (κ3) is 4.84. The highest BCUT2D eigenvalue weighted by molar-refractivity contribution is 7.89. The van der Waals surface area contributed by atoms with Crippen LogP contribution in [0.3, 0.4) is 0 Å². The Bertz CT molecular complexity index is 330. The van der Waals surface area contributed by atoms with Gasteiger partial charge in [-0.05, 0) is 53.4 Å². The SMILES string of the molecule is CNCCCCS(=O)(=O)N1CCCC(N(C)C)C1. The van der Waals surface area contributed by atoms with Crippen LogP contribution in [0.15, 0.2) is 0 Å². The Morgan fingerprint density at radius 1 is 1.33 bits per heavy atom. The molecule has 0 aromatic carbocycles. The Labute approximate surface area is 112 Å². The van der Waals surface area contributed by atoms with E-state index in [1.807, 2.05) is 21.1 Å². The summed E-state index contributed by atoms with van der Waals surface area (Å²) in [7, 11) is 2.88. The highest BCUT2D eigenvalue weighted by atomic mass is 32.2. The van der Waals surface area contributed by atoms with Crippen molar-refractivity contribution in [2.24, 2.45) is 0 Å². The third-order valence-electron chi connectivity index (χ3n) is 3.56. The predicted molar refractivity (Wildman–Crippen MR) is 75.2 cm³/mol. The maximum Gasteiger partial charge on any atom is 0.214 e. The zero-order valence-corrected chi connectivity index (χ0v) is 12.7. The van der Waals surface area contributed by atoms with Crippen LogP contribution in [-0.4, -0.2) is 70.2 Å². The molecule has 1 N–H and O–H groups in total. The minimum Gasteiger partial charge on any atom is -0.320 e. The molecule has 1 saturated heterocycles. The van der Waals surface area contributed by atoms with Gasteiger partial charge in [-0.25, -0.2) is 12.7 Å². The van der Waals surface area contributed by atoms with Crippen LogP contribution in [-0.2, 0) is 10.0 Å². The maximum atomic E-state index is 12.2. The van der Waals surface area contributed by atoms with E-state index in [0.717, 1.165) is 32.2 Å². The number of nitrogens with zero attached hydrogens (tertiary/aromatic N) is 2. The summed E-state index contributed by atoms with van der Waals surface area (Å²) in [5.74, 6) is 0.287. The van der Waals surface area contributed by atoms with Crippen LogP contribution in [0, 0.1) is 0 Å². The Kier molecular flexibility index (Phi) is 6.55. The Morgan fingerprint density at radius 2 is 2.06 bits per heavy atom. The summed E-state index contributed by atoms with van der Waals surface area (Å²) < 4.78 is 26.1. The zero-order chi connectivity index (χ0) is 13.6. The highest BCUT2D eigenvalue weighted by Crippen LogP contribution is 2.17. The fraction of sp³-hybridized carbons (Fsp3) is 1.00. The normalized spacial score (nSPS) is 22.6. The summed E-state index contributed by atoms with van der Waals surface area (Å²) in [5.41, 5.74) is 0. The van der Waals surface area contributed by atoms with Gasteiger partial charge in [0.15, 0.2) is 0 Å². The number of unbranched alkanes of at least 4 members (excludes halogenated alkanes) is 1. The van der Waals surface area contributed by atoms with Gasteiger partial charge in [0.25, 0.3) is 0 Å². The second-order valence-electron chi connectivity index (χ2n) is 5.24. The molecule has 6 heteroatoms. The van der Waals surface area contributed by atoms with Gasteiger partial charge in [-0.3, -0.25) is 0 Å². The minimum atomic E-state index is -3.05. The molecule has 5 nitrogen and oxygen atoms in total. The van der Waals surface area contributed by atoms with Gasteiger partial charge in [-0.15, -0.1) is 0 Å². The van der Waals surface area contributed by atoms with Crippen LogP contribution < -0.4 is 5.32 Å². The monoisotopic (exact) mass is 277 g/mol. The van der Waals surface area contributed by atoms with Crippen molar-refractivity contribution in [3.63, 3.8) is 0 Å². The van der Waals surface area contributed by atoms with E-state index < -0.39 is 10.0 Å². The van der Waals surface area contributed by atoms with Crippen molar-refractivity contribution in [3.05, 3.63) is 0 Å². The van der Waals surface area contributed by atoms with Crippen molar-refractivity contribution >= 4 is 10.0 Å². The molecule has 0 amide bonds. The average molecular weight is 277 g/mol. The average Bonchev–Trinajstić information content (AvgIpc) is 2.35. The predicted octanol–water partition coefficient (Wildman–Crippen LogP) is 0.342. The summed E-state index contributed by atoms with van der Waals surface area (Å²) in [4.78, 5) is 2.13. The van der Waals surface area contributed by atoms with Crippen LogP contribution in [0.2, 0.25) is 0 Å². The van der Waals surface area contributed by atoms with Crippen LogP contribution in [0.25, 0.3) is 0 Å². The molecule has 1 aliphatic heterocycles. The van der Waals surface area contributed by atoms with Crippen molar-refractivity contribution < 1.29 is 8.42 Å². The summed E-state index contributed by atoms with van der Waals surface area (Å²) >= 11 is 0. The van der Waals surface area contributed by atoms with E-state index in [-0.39, 0.29) is 5.75 Å². The molecule has 0 spiro atoms. The first-order valence-corrected chi connectivity index (χ1v) is 8.37. The molecule has 0 saturated carbocycles. The molecule has 108 valence electrons. The van der Waals surface area contributed by atoms with Crippen molar-refractivity contribution in [1.82, 2.24) is 14.5 Å². The first-order chi connectivity index (χ1) is 8.47. The Hall–Kier alpha value is -0.170. The summed E-state index contributed by atoms with van der Waals surface area (Å²) in [6.07, 6.45) is 3.73. The molecule has 18 heavy (non-hydrogen) atoms. The maximum absolute atomic E-state index is 12.2. The number of sulfonamides is 1. The highest BCUT2D eigenvalue weighted by Gasteiger charge is 2.29. The van der Waals surface area contributed by atoms with Crippen molar-refractivity contribution in [1.29, 1.82) is 0 Å². The quantitative estimate of drug-likeness (QED) is 0.682. The topological polar surface area (TPSA) is 52.7 Å². The summed E-state index contributed by atoms with van der Waals surface area (Å²) in [6.45, 7) is 2.23. The fourth-order valence-electron chi connectivity index (χ4n) is 2.31. The Balaban J connectivity index is 2.46. The van der Waals surface area contributed by atoms with Gasteiger partial charge in [0, 0.05) is 19.1 Å². The molecular weight excluding hydrogens is 250 g/mol. The molecule has 0 aromatic heterocycles. The molecule has 1 atom stereocenters. The van der Waals surface area contributed by atoms with Gasteiger partial charge in [0.05, 0.1) is 5.75 Å². The van der Waals surface area contributed by atoms with Gasteiger partial charge in [-0.2, -0.15) is 0 Å². The smallest absolute Gasteiger partial charge is 0.214 e. The molecule has 1 rings (SSSR count). The molecular formula is C12H27N3O2S. The molecule has 0 radical (unpaired) electrons. The van der Waals surface area contributed by atoms with Crippen LogP contribution in [0.1, 0.15) is 25.7 Å². The van der Waals surface area contributed by atoms with E-state index in [1.54, 1.807) is 4.31 Å². The minimum absolute atomic E-state index is 0.287. The molecule has 0 aromatic rings. The molecule has 1 heterocycles. The van der Waals surface area contributed by atoms with Gasteiger partial charge in [-0.1, -0.05) is 0 Å². The lowest BCUT2D eigenvalue weighted by Gasteiger charge is -2.35. The summed E-state index contributed by atoms with van der Waals surface area (Å²) in [6, 6.07) is 0.367. The van der Waals surface area contributed by atoms with E-state index in [4.69, 9.17) is 0 Å². The largest absolute Gasteiger partial charge is 0.320 e. The van der Waals surface area contributed by atoms with Crippen molar-refractivity contribution in [2.75, 3.05) is 46.5 Å². The van der Waals surface area contributed by atoms with E-state index in [0.29, 0.717) is 19.1 Å². The van der Waals surface area contributed by atoms with Gasteiger partial charge < -0.3 is 10.2 Å². The van der Waals surface area contributed by atoms with Crippen LogP contribution >= 0.6 is 0 Å². The Morgan fingerprint density at radius 3 is 2.67 bits per heavy atom.